The number of alkyl halides is 3. The summed E-state index contributed by atoms with van der Waals surface area (Å²) in [7, 11) is 0. The molecule has 0 saturated carbocycles. The van der Waals surface area contributed by atoms with E-state index in [1.54, 1.807) is 0 Å². The lowest BCUT2D eigenvalue weighted by Gasteiger charge is -2.31. The van der Waals surface area contributed by atoms with Crippen LogP contribution in [0.4, 0.5) is 17.6 Å². The molecular formula is C15H22F4N2. The Hall–Kier alpha value is -1.14. The number of nitrogens with two attached hydrogens (primary N) is 1. The van der Waals surface area contributed by atoms with Crippen molar-refractivity contribution in [2.45, 2.75) is 46.3 Å². The third-order valence-corrected chi connectivity index (χ3v) is 3.97. The van der Waals surface area contributed by atoms with Gasteiger partial charge in [0.1, 0.15) is 5.82 Å². The van der Waals surface area contributed by atoms with Gasteiger partial charge in [0.05, 0.1) is 5.56 Å². The Morgan fingerprint density at radius 2 is 1.76 bits per heavy atom. The predicted molar refractivity (Wildman–Crippen MR) is 74.7 cm³/mol. The van der Waals surface area contributed by atoms with Crippen molar-refractivity contribution in [3.8, 4) is 0 Å². The number of hydrazine groups is 1. The van der Waals surface area contributed by atoms with Crippen molar-refractivity contribution in [1.82, 2.24) is 5.43 Å². The summed E-state index contributed by atoms with van der Waals surface area (Å²) >= 11 is 0. The van der Waals surface area contributed by atoms with Crippen molar-refractivity contribution in [3.05, 3.63) is 35.1 Å². The summed E-state index contributed by atoms with van der Waals surface area (Å²) in [5.74, 6) is 4.42. The first-order chi connectivity index (χ1) is 9.46. The van der Waals surface area contributed by atoms with Crippen LogP contribution >= 0.6 is 0 Å². The summed E-state index contributed by atoms with van der Waals surface area (Å²) in [6.45, 7) is 8.17. The molecular weight excluding hydrogens is 284 g/mol. The van der Waals surface area contributed by atoms with Gasteiger partial charge in [-0.15, -0.1) is 0 Å². The molecule has 0 aliphatic carbocycles. The van der Waals surface area contributed by atoms with Gasteiger partial charge in [0, 0.05) is 6.04 Å². The van der Waals surface area contributed by atoms with Crippen LogP contribution in [0.3, 0.4) is 0 Å². The van der Waals surface area contributed by atoms with Gasteiger partial charge in [0.2, 0.25) is 0 Å². The smallest absolute Gasteiger partial charge is 0.271 e. The first-order valence-electron chi connectivity index (χ1n) is 6.79. The van der Waals surface area contributed by atoms with Gasteiger partial charge >= 0.3 is 6.18 Å². The van der Waals surface area contributed by atoms with E-state index in [4.69, 9.17) is 5.84 Å². The minimum absolute atomic E-state index is 0.00197. The van der Waals surface area contributed by atoms with Crippen molar-refractivity contribution in [2.75, 3.05) is 0 Å². The van der Waals surface area contributed by atoms with E-state index in [1.807, 2.05) is 6.92 Å². The summed E-state index contributed by atoms with van der Waals surface area (Å²) in [4.78, 5) is 0. The molecule has 120 valence electrons. The normalized spacial score (nSPS) is 15.9. The van der Waals surface area contributed by atoms with E-state index in [9.17, 15) is 17.6 Å². The monoisotopic (exact) mass is 306 g/mol. The Kier molecular flexibility index (Phi) is 5.39. The highest BCUT2D eigenvalue weighted by Gasteiger charge is 2.35. The van der Waals surface area contributed by atoms with E-state index in [2.05, 4.69) is 26.2 Å². The molecule has 0 aliphatic rings. The van der Waals surface area contributed by atoms with Crippen LogP contribution in [0.1, 0.15) is 51.3 Å². The third kappa shape index (κ3) is 4.68. The number of benzene rings is 1. The molecule has 3 N–H and O–H groups in total. The molecule has 1 aromatic rings. The van der Waals surface area contributed by atoms with Crippen molar-refractivity contribution in [1.29, 1.82) is 0 Å². The van der Waals surface area contributed by atoms with Gasteiger partial charge in [-0.25, -0.2) is 4.39 Å². The van der Waals surface area contributed by atoms with Crippen LogP contribution < -0.4 is 11.3 Å². The van der Waals surface area contributed by atoms with Crippen LogP contribution in [0, 0.1) is 17.2 Å². The van der Waals surface area contributed by atoms with E-state index in [0.717, 1.165) is 12.1 Å². The zero-order chi connectivity index (χ0) is 16.4. The second-order valence-corrected chi connectivity index (χ2v) is 6.46. The summed E-state index contributed by atoms with van der Waals surface area (Å²) < 4.78 is 51.6. The van der Waals surface area contributed by atoms with E-state index < -0.39 is 23.6 Å². The number of hydrogen-bond donors (Lipinski definition) is 2. The van der Waals surface area contributed by atoms with Crippen LogP contribution in [-0.2, 0) is 6.18 Å². The largest absolute Gasteiger partial charge is 0.419 e. The van der Waals surface area contributed by atoms with Crippen molar-refractivity contribution in [3.63, 3.8) is 0 Å². The fraction of sp³-hybridized carbons (Fsp3) is 0.600. The van der Waals surface area contributed by atoms with Gasteiger partial charge < -0.3 is 0 Å². The molecule has 1 rings (SSSR count). The molecule has 0 heterocycles. The molecule has 0 saturated heterocycles. The first kappa shape index (κ1) is 17.9. The summed E-state index contributed by atoms with van der Waals surface area (Å²) in [5.41, 5.74) is 1.61. The quantitative estimate of drug-likeness (QED) is 0.491. The highest BCUT2D eigenvalue weighted by molar-refractivity contribution is 5.29. The number of halogens is 4. The first-order valence-corrected chi connectivity index (χ1v) is 6.79. The molecule has 1 aromatic carbocycles. The molecule has 2 atom stereocenters. The zero-order valence-electron chi connectivity index (χ0n) is 12.7. The number of hydrogen-bond acceptors (Lipinski definition) is 2. The fourth-order valence-electron chi connectivity index (χ4n) is 1.98. The Morgan fingerprint density at radius 1 is 1.19 bits per heavy atom. The van der Waals surface area contributed by atoms with Crippen LogP contribution in [0.25, 0.3) is 0 Å². The third-order valence-electron chi connectivity index (χ3n) is 3.97. The maximum atomic E-state index is 13.3. The molecule has 21 heavy (non-hydrogen) atoms. The van der Waals surface area contributed by atoms with Crippen LogP contribution in [0.15, 0.2) is 18.2 Å². The van der Waals surface area contributed by atoms with Crippen molar-refractivity contribution < 1.29 is 17.6 Å². The van der Waals surface area contributed by atoms with Crippen molar-refractivity contribution in [2.24, 2.45) is 17.2 Å². The Labute approximate surface area is 122 Å². The predicted octanol–water partition coefficient (Wildman–Crippen LogP) is 4.42. The highest BCUT2D eigenvalue weighted by atomic mass is 19.4. The molecule has 0 bridgehead atoms. The maximum absolute atomic E-state index is 13.3. The molecule has 2 nitrogen and oxygen atoms in total. The van der Waals surface area contributed by atoms with E-state index in [-0.39, 0.29) is 11.3 Å². The number of rotatable bonds is 4. The van der Waals surface area contributed by atoms with Gasteiger partial charge in [0.25, 0.3) is 0 Å². The maximum Gasteiger partial charge on any atom is 0.419 e. The molecule has 0 spiro atoms. The lowest BCUT2D eigenvalue weighted by atomic mass is 9.77. The van der Waals surface area contributed by atoms with E-state index in [0.29, 0.717) is 12.0 Å². The minimum Gasteiger partial charge on any atom is -0.271 e. The van der Waals surface area contributed by atoms with Gasteiger partial charge in [0.15, 0.2) is 0 Å². The van der Waals surface area contributed by atoms with Gasteiger partial charge in [-0.3, -0.25) is 11.3 Å². The Balaban J connectivity index is 3.07. The molecule has 0 radical (unpaired) electrons. The molecule has 0 aromatic heterocycles. The SMILES string of the molecule is CC(CC(NN)c1ccc(F)c(C(F)(F)F)c1)C(C)(C)C. The van der Waals surface area contributed by atoms with E-state index in [1.165, 1.54) is 6.07 Å². The summed E-state index contributed by atoms with van der Waals surface area (Å²) in [6.07, 6.45) is -4.15. The van der Waals surface area contributed by atoms with Gasteiger partial charge in [-0.2, -0.15) is 13.2 Å². The highest BCUT2D eigenvalue weighted by Crippen LogP contribution is 2.36. The summed E-state index contributed by atoms with van der Waals surface area (Å²) in [6, 6.07) is 2.55. The second kappa shape index (κ2) is 6.32. The minimum atomic E-state index is -4.71. The lowest BCUT2D eigenvalue weighted by Crippen LogP contribution is -2.32. The van der Waals surface area contributed by atoms with Crippen LogP contribution in [-0.4, -0.2) is 0 Å². The molecule has 6 heteroatoms. The fourth-order valence-corrected chi connectivity index (χ4v) is 1.98. The lowest BCUT2D eigenvalue weighted by molar-refractivity contribution is -0.140. The summed E-state index contributed by atoms with van der Waals surface area (Å²) in [5, 5.41) is 0. The van der Waals surface area contributed by atoms with Crippen molar-refractivity contribution >= 4 is 0 Å². The average molecular weight is 306 g/mol. The molecule has 0 amide bonds. The average Bonchev–Trinajstić information content (AvgIpc) is 2.33. The van der Waals surface area contributed by atoms with Gasteiger partial charge in [-0.1, -0.05) is 33.8 Å². The Morgan fingerprint density at radius 3 is 2.19 bits per heavy atom. The standard InChI is InChI=1S/C15H22F4N2/c1-9(14(2,3)4)7-13(21-20)10-5-6-12(16)11(8-10)15(17,18)19/h5-6,8-9,13,21H,7,20H2,1-4H3. The van der Waals surface area contributed by atoms with E-state index >= 15 is 0 Å². The van der Waals surface area contributed by atoms with Gasteiger partial charge in [-0.05, 0) is 35.4 Å². The van der Waals surface area contributed by atoms with Crippen LogP contribution in [0.5, 0.6) is 0 Å². The second-order valence-electron chi connectivity index (χ2n) is 6.46. The zero-order valence-corrected chi connectivity index (χ0v) is 12.7. The topological polar surface area (TPSA) is 38.0 Å². The Bertz CT molecular complexity index is 478. The molecule has 2 unspecified atom stereocenters. The molecule has 0 aliphatic heterocycles. The number of nitrogens with one attached hydrogen (secondary N) is 1. The van der Waals surface area contributed by atoms with Crippen LogP contribution in [0.2, 0.25) is 0 Å². The molecule has 0 fully saturated rings.